The van der Waals surface area contributed by atoms with Crippen LogP contribution in [0, 0.1) is 0 Å². The summed E-state index contributed by atoms with van der Waals surface area (Å²) < 4.78 is 6.46. The van der Waals surface area contributed by atoms with Crippen molar-refractivity contribution in [3.63, 3.8) is 0 Å². The highest BCUT2D eigenvalue weighted by Gasteiger charge is 2.22. The zero-order valence-electron chi connectivity index (χ0n) is 10.8. The summed E-state index contributed by atoms with van der Waals surface area (Å²) in [5.74, 6) is 0. The normalized spacial score (nSPS) is 21.3. The Balaban J connectivity index is 1.86. The van der Waals surface area contributed by atoms with Crippen LogP contribution in [0.15, 0.2) is 12.1 Å². The lowest BCUT2D eigenvalue weighted by atomic mass is 10.2. The van der Waals surface area contributed by atoms with E-state index in [9.17, 15) is 0 Å². The summed E-state index contributed by atoms with van der Waals surface area (Å²) in [5, 5.41) is 3.48. The molecule has 1 fully saturated rings. The molecule has 5 heteroatoms. The SMILES string of the molecule is CCCNCC1COCCN1Cc1ccc(Cl)s1. The molecule has 0 saturated carbocycles. The average molecular weight is 289 g/mol. The van der Waals surface area contributed by atoms with E-state index in [1.54, 1.807) is 11.3 Å². The van der Waals surface area contributed by atoms with Crippen LogP contribution in [0.2, 0.25) is 4.34 Å². The van der Waals surface area contributed by atoms with E-state index in [1.165, 1.54) is 11.3 Å². The van der Waals surface area contributed by atoms with Crippen LogP contribution >= 0.6 is 22.9 Å². The van der Waals surface area contributed by atoms with Crippen molar-refractivity contribution in [2.75, 3.05) is 32.8 Å². The highest BCUT2D eigenvalue weighted by Crippen LogP contribution is 2.23. The maximum Gasteiger partial charge on any atom is 0.0931 e. The van der Waals surface area contributed by atoms with Gasteiger partial charge in [0.05, 0.1) is 17.6 Å². The van der Waals surface area contributed by atoms with Crippen molar-refractivity contribution in [2.45, 2.75) is 25.9 Å². The summed E-state index contributed by atoms with van der Waals surface area (Å²) >= 11 is 7.65. The molecule has 1 aromatic heterocycles. The van der Waals surface area contributed by atoms with Crippen LogP contribution in [0.1, 0.15) is 18.2 Å². The molecule has 2 rings (SSSR count). The predicted octanol–water partition coefficient (Wildman–Crippen LogP) is 2.60. The van der Waals surface area contributed by atoms with Crippen LogP contribution in [-0.4, -0.2) is 43.8 Å². The lowest BCUT2D eigenvalue weighted by Crippen LogP contribution is -2.49. The van der Waals surface area contributed by atoms with E-state index in [-0.39, 0.29) is 0 Å². The zero-order valence-corrected chi connectivity index (χ0v) is 12.4. The molecular formula is C13H21ClN2OS. The number of hydrogen-bond donors (Lipinski definition) is 1. The second-order valence-corrected chi connectivity index (χ2v) is 6.41. The Bertz CT molecular complexity index is 359. The Morgan fingerprint density at radius 1 is 1.56 bits per heavy atom. The summed E-state index contributed by atoms with van der Waals surface area (Å²) in [6.45, 7) is 7.93. The second-order valence-electron chi connectivity index (χ2n) is 4.61. The molecule has 0 spiro atoms. The molecule has 0 bridgehead atoms. The second kappa shape index (κ2) is 7.46. The molecule has 0 amide bonds. The number of hydrogen-bond acceptors (Lipinski definition) is 4. The number of ether oxygens (including phenoxy) is 1. The van der Waals surface area contributed by atoms with Crippen LogP contribution in [0.3, 0.4) is 0 Å². The molecular weight excluding hydrogens is 268 g/mol. The van der Waals surface area contributed by atoms with Crippen molar-refractivity contribution in [1.29, 1.82) is 0 Å². The highest BCUT2D eigenvalue weighted by atomic mass is 35.5. The topological polar surface area (TPSA) is 24.5 Å². The zero-order chi connectivity index (χ0) is 12.8. The number of morpholine rings is 1. The van der Waals surface area contributed by atoms with Gasteiger partial charge in [0.15, 0.2) is 0 Å². The van der Waals surface area contributed by atoms with Crippen LogP contribution in [-0.2, 0) is 11.3 Å². The molecule has 1 aliphatic rings. The van der Waals surface area contributed by atoms with Gasteiger partial charge in [0.1, 0.15) is 0 Å². The van der Waals surface area contributed by atoms with Gasteiger partial charge >= 0.3 is 0 Å². The van der Waals surface area contributed by atoms with Crippen LogP contribution in [0.5, 0.6) is 0 Å². The molecule has 1 unspecified atom stereocenters. The monoisotopic (exact) mass is 288 g/mol. The summed E-state index contributed by atoms with van der Waals surface area (Å²) in [7, 11) is 0. The average Bonchev–Trinajstić information content (AvgIpc) is 2.77. The Hall–Kier alpha value is -0.130. The van der Waals surface area contributed by atoms with Gasteiger partial charge in [-0.1, -0.05) is 18.5 Å². The number of thiophene rings is 1. The van der Waals surface area contributed by atoms with Gasteiger partial charge in [-0.15, -0.1) is 11.3 Å². The van der Waals surface area contributed by atoms with Crippen molar-refractivity contribution in [1.82, 2.24) is 10.2 Å². The van der Waals surface area contributed by atoms with Gasteiger partial charge in [-0.2, -0.15) is 0 Å². The van der Waals surface area contributed by atoms with Gasteiger partial charge in [0.25, 0.3) is 0 Å². The molecule has 1 N–H and O–H groups in total. The smallest absolute Gasteiger partial charge is 0.0931 e. The van der Waals surface area contributed by atoms with E-state index in [2.05, 4.69) is 23.2 Å². The summed E-state index contributed by atoms with van der Waals surface area (Å²) in [5.41, 5.74) is 0. The van der Waals surface area contributed by atoms with Gasteiger partial charge in [-0.25, -0.2) is 0 Å². The summed E-state index contributed by atoms with van der Waals surface area (Å²) in [6, 6.07) is 4.58. The first-order valence-electron chi connectivity index (χ1n) is 6.56. The lowest BCUT2D eigenvalue weighted by Gasteiger charge is -2.35. The standard InChI is InChI=1S/C13H21ClN2OS/c1-2-5-15-8-11-10-17-7-6-16(11)9-12-3-4-13(14)18-12/h3-4,11,15H,2,5-10H2,1H3. The molecule has 0 aliphatic carbocycles. The van der Waals surface area contributed by atoms with Crippen molar-refractivity contribution in [3.05, 3.63) is 21.3 Å². The highest BCUT2D eigenvalue weighted by molar-refractivity contribution is 7.16. The van der Waals surface area contributed by atoms with E-state index in [0.717, 1.165) is 43.7 Å². The first kappa shape index (κ1) is 14.3. The number of halogens is 1. The molecule has 0 aromatic carbocycles. The van der Waals surface area contributed by atoms with Gasteiger partial charge in [-0.05, 0) is 25.1 Å². The molecule has 1 atom stereocenters. The predicted molar refractivity (Wildman–Crippen MR) is 77.5 cm³/mol. The molecule has 0 radical (unpaired) electrons. The van der Waals surface area contributed by atoms with Crippen LogP contribution in [0.4, 0.5) is 0 Å². The van der Waals surface area contributed by atoms with Crippen molar-refractivity contribution in [2.24, 2.45) is 0 Å². The number of nitrogens with one attached hydrogen (secondary N) is 1. The third-order valence-corrected chi connectivity index (χ3v) is 4.36. The van der Waals surface area contributed by atoms with Gasteiger partial charge in [0, 0.05) is 30.6 Å². The minimum Gasteiger partial charge on any atom is -0.378 e. The number of rotatable bonds is 6. The third kappa shape index (κ3) is 4.21. The summed E-state index contributed by atoms with van der Waals surface area (Å²) in [6.07, 6.45) is 1.17. The Morgan fingerprint density at radius 2 is 2.44 bits per heavy atom. The fourth-order valence-corrected chi connectivity index (χ4v) is 3.28. The fraction of sp³-hybridized carbons (Fsp3) is 0.692. The van der Waals surface area contributed by atoms with Crippen molar-refractivity contribution >= 4 is 22.9 Å². The van der Waals surface area contributed by atoms with Crippen molar-refractivity contribution < 1.29 is 4.74 Å². The largest absolute Gasteiger partial charge is 0.378 e. The summed E-state index contributed by atoms with van der Waals surface area (Å²) in [4.78, 5) is 3.83. The van der Waals surface area contributed by atoms with E-state index < -0.39 is 0 Å². The third-order valence-electron chi connectivity index (χ3n) is 3.14. The van der Waals surface area contributed by atoms with Crippen LogP contribution < -0.4 is 5.32 Å². The maximum atomic E-state index is 5.98. The van der Waals surface area contributed by atoms with Crippen LogP contribution in [0.25, 0.3) is 0 Å². The van der Waals surface area contributed by atoms with E-state index in [1.807, 2.05) is 6.07 Å². The first-order chi connectivity index (χ1) is 8.79. The first-order valence-corrected chi connectivity index (χ1v) is 7.75. The molecule has 2 heterocycles. The molecule has 102 valence electrons. The minimum atomic E-state index is 0.478. The lowest BCUT2D eigenvalue weighted by molar-refractivity contribution is -0.0104. The maximum absolute atomic E-state index is 5.98. The molecule has 1 aliphatic heterocycles. The van der Waals surface area contributed by atoms with E-state index in [4.69, 9.17) is 16.3 Å². The molecule has 1 saturated heterocycles. The number of nitrogens with zero attached hydrogens (tertiary/aromatic N) is 1. The van der Waals surface area contributed by atoms with Gasteiger partial charge in [-0.3, -0.25) is 4.90 Å². The Kier molecular flexibility index (Phi) is 5.92. The van der Waals surface area contributed by atoms with E-state index in [0.29, 0.717) is 6.04 Å². The van der Waals surface area contributed by atoms with Crippen molar-refractivity contribution in [3.8, 4) is 0 Å². The Morgan fingerprint density at radius 3 is 3.17 bits per heavy atom. The fourth-order valence-electron chi connectivity index (χ4n) is 2.17. The molecule has 3 nitrogen and oxygen atoms in total. The molecule has 1 aromatic rings. The van der Waals surface area contributed by atoms with Gasteiger partial charge in [0.2, 0.25) is 0 Å². The quantitative estimate of drug-likeness (QED) is 0.815. The van der Waals surface area contributed by atoms with Gasteiger partial charge < -0.3 is 10.1 Å². The molecule has 18 heavy (non-hydrogen) atoms. The van der Waals surface area contributed by atoms with E-state index >= 15 is 0 Å². The minimum absolute atomic E-state index is 0.478. The Labute approximate surface area is 118 Å².